The summed E-state index contributed by atoms with van der Waals surface area (Å²) in [5.41, 5.74) is 5.34. The number of para-hydroxylation sites is 1. The number of H-pyrrole nitrogens is 1. The summed E-state index contributed by atoms with van der Waals surface area (Å²) >= 11 is 0. The molecule has 1 aliphatic rings. The fourth-order valence-electron chi connectivity index (χ4n) is 3.62. The summed E-state index contributed by atoms with van der Waals surface area (Å²) in [6.45, 7) is 0.856. The van der Waals surface area contributed by atoms with E-state index in [-0.39, 0.29) is 6.42 Å². The van der Waals surface area contributed by atoms with Crippen molar-refractivity contribution >= 4 is 10.9 Å². The van der Waals surface area contributed by atoms with Gasteiger partial charge in [-0.25, -0.2) is 0 Å². The summed E-state index contributed by atoms with van der Waals surface area (Å²) in [7, 11) is 0. The highest BCUT2D eigenvalue weighted by molar-refractivity contribution is 5.85. The number of hydrogen-bond donors (Lipinski definition) is 3. The molecule has 1 atom stereocenters. The van der Waals surface area contributed by atoms with Gasteiger partial charge in [0, 0.05) is 23.1 Å². The second kappa shape index (κ2) is 6.17. The summed E-state index contributed by atoms with van der Waals surface area (Å²) in [5, 5.41) is 3.68. The van der Waals surface area contributed by atoms with Gasteiger partial charge >= 0.3 is 6.18 Å². The van der Waals surface area contributed by atoms with Gasteiger partial charge in [0.25, 0.3) is 0 Å². The standard InChI is InChI=1S/C17H22F3N3/c18-17(19,20)16(9-4-1-5-10-21)15-13(8-11-22-16)12-6-2-3-7-14(12)23-15/h2-3,6-7,22-23H,1,4-5,8-11,21H2. The topological polar surface area (TPSA) is 53.8 Å². The van der Waals surface area contributed by atoms with Crippen LogP contribution in [0.25, 0.3) is 10.9 Å². The van der Waals surface area contributed by atoms with Crippen molar-refractivity contribution in [2.24, 2.45) is 5.73 Å². The molecule has 2 aromatic rings. The number of nitrogens with one attached hydrogen (secondary N) is 2. The molecule has 0 saturated carbocycles. The van der Waals surface area contributed by atoms with Crippen LogP contribution in [0.1, 0.15) is 36.9 Å². The Morgan fingerprint density at radius 1 is 1.13 bits per heavy atom. The molecule has 3 rings (SSSR count). The zero-order valence-corrected chi connectivity index (χ0v) is 13.0. The van der Waals surface area contributed by atoms with Crippen molar-refractivity contribution in [3.63, 3.8) is 0 Å². The van der Waals surface area contributed by atoms with Crippen molar-refractivity contribution in [2.45, 2.75) is 43.8 Å². The van der Waals surface area contributed by atoms with E-state index in [0.29, 0.717) is 38.0 Å². The first-order chi connectivity index (χ1) is 11.0. The minimum absolute atomic E-state index is 0.0380. The number of aromatic amines is 1. The monoisotopic (exact) mass is 325 g/mol. The highest BCUT2D eigenvalue weighted by atomic mass is 19.4. The van der Waals surface area contributed by atoms with E-state index in [1.54, 1.807) is 0 Å². The van der Waals surface area contributed by atoms with E-state index in [4.69, 9.17) is 5.73 Å². The molecule has 126 valence electrons. The van der Waals surface area contributed by atoms with Gasteiger partial charge in [-0.1, -0.05) is 31.0 Å². The van der Waals surface area contributed by atoms with Crippen LogP contribution in [0.2, 0.25) is 0 Å². The van der Waals surface area contributed by atoms with E-state index in [9.17, 15) is 13.2 Å². The molecule has 4 N–H and O–H groups in total. The molecule has 3 nitrogen and oxygen atoms in total. The quantitative estimate of drug-likeness (QED) is 0.736. The molecule has 6 heteroatoms. The lowest BCUT2D eigenvalue weighted by Crippen LogP contribution is -2.57. The highest BCUT2D eigenvalue weighted by Gasteiger charge is 2.58. The van der Waals surface area contributed by atoms with Gasteiger partial charge in [-0.15, -0.1) is 0 Å². The van der Waals surface area contributed by atoms with Crippen LogP contribution < -0.4 is 11.1 Å². The van der Waals surface area contributed by atoms with Gasteiger partial charge in [0.05, 0.1) is 0 Å². The Bertz CT molecular complexity index is 677. The molecule has 0 spiro atoms. The summed E-state index contributed by atoms with van der Waals surface area (Å²) in [6.07, 6.45) is -1.72. The Hall–Kier alpha value is -1.53. The Balaban J connectivity index is 2.04. The molecule has 1 aromatic carbocycles. The lowest BCUT2D eigenvalue weighted by molar-refractivity contribution is -0.206. The van der Waals surface area contributed by atoms with E-state index in [2.05, 4.69) is 10.3 Å². The molecule has 0 saturated heterocycles. The zero-order valence-electron chi connectivity index (χ0n) is 13.0. The molecule has 0 radical (unpaired) electrons. The van der Waals surface area contributed by atoms with E-state index < -0.39 is 11.7 Å². The fourth-order valence-corrected chi connectivity index (χ4v) is 3.62. The van der Waals surface area contributed by atoms with Crippen molar-refractivity contribution in [2.75, 3.05) is 13.1 Å². The van der Waals surface area contributed by atoms with Crippen LogP contribution in [-0.4, -0.2) is 24.2 Å². The maximum atomic E-state index is 14.0. The third-order valence-corrected chi connectivity index (χ3v) is 4.78. The Labute approximate surface area is 133 Å². The minimum atomic E-state index is -4.34. The predicted octanol–water partition coefficient (Wildman–Crippen LogP) is 3.59. The number of unbranched alkanes of at least 4 members (excludes halogenated alkanes) is 2. The van der Waals surface area contributed by atoms with Crippen LogP contribution in [-0.2, 0) is 12.0 Å². The van der Waals surface area contributed by atoms with Gasteiger partial charge in [0.1, 0.15) is 0 Å². The van der Waals surface area contributed by atoms with Crippen LogP contribution in [0.5, 0.6) is 0 Å². The molecule has 0 fully saturated rings. The van der Waals surface area contributed by atoms with Gasteiger partial charge in [0.2, 0.25) is 0 Å². The summed E-state index contributed by atoms with van der Waals surface area (Å²) in [6, 6.07) is 7.44. The average molecular weight is 325 g/mol. The predicted molar refractivity (Wildman–Crippen MR) is 85.3 cm³/mol. The van der Waals surface area contributed by atoms with Crippen molar-refractivity contribution in [3.05, 3.63) is 35.5 Å². The molecule has 0 amide bonds. The smallest absolute Gasteiger partial charge is 0.356 e. The first kappa shape index (κ1) is 16.3. The van der Waals surface area contributed by atoms with E-state index in [1.165, 1.54) is 0 Å². The second-order valence-electron chi connectivity index (χ2n) is 6.20. The van der Waals surface area contributed by atoms with Crippen LogP contribution in [0.15, 0.2) is 24.3 Å². The van der Waals surface area contributed by atoms with Gasteiger partial charge < -0.3 is 10.7 Å². The average Bonchev–Trinajstić information content (AvgIpc) is 2.90. The third-order valence-electron chi connectivity index (χ3n) is 4.78. The third kappa shape index (κ3) is 2.74. The van der Waals surface area contributed by atoms with Crippen molar-refractivity contribution in [3.8, 4) is 0 Å². The van der Waals surface area contributed by atoms with Crippen LogP contribution in [0.4, 0.5) is 13.2 Å². The van der Waals surface area contributed by atoms with Crippen molar-refractivity contribution in [1.29, 1.82) is 0 Å². The zero-order chi connectivity index (χ0) is 16.5. The molecule has 1 aliphatic heterocycles. The van der Waals surface area contributed by atoms with Crippen LogP contribution in [0, 0.1) is 0 Å². The van der Waals surface area contributed by atoms with Gasteiger partial charge in [-0.3, -0.25) is 5.32 Å². The highest BCUT2D eigenvalue weighted by Crippen LogP contribution is 2.46. The summed E-state index contributed by atoms with van der Waals surface area (Å²) in [4.78, 5) is 3.05. The number of halogens is 3. The fraction of sp³-hybridized carbons (Fsp3) is 0.529. The lowest BCUT2D eigenvalue weighted by Gasteiger charge is -2.40. The SMILES string of the molecule is NCCCCCC1(C(F)(F)F)NCCc2c1[nH]c1ccccc21. The number of rotatable bonds is 5. The normalized spacial score (nSPS) is 21.6. The first-order valence-corrected chi connectivity index (χ1v) is 8.11. The largest absolute Gasteiger partial charge is 0.412 e. The molecule has 0 bridgehead atoms. The molecular weight excluding hydrogens is 303 g/mol. The van der Waals surface area contributed by atoms with Crippen molar-refractivity contribution in [1.82, 2.24) is 10.3 Å². The maximum Gasteiger partial charge on any atom is 0.412 e. The number of benzene rings is 1. The van der Waals surface area contributed by atoms with E-state index in [1.807, 2.05) is 24.3 Å². The molecule has 2 heterocycles. The number of aromatic nitrogens is 1. The van der Waals surface area contributed by atoms with Crippen LogP contribution >= 0.6 is 0 Å². The Morgan fingerprint density at radius 2 is 1.91 bits per heavy atom. The second-order valence-corrected chi connectivity index (χ2v) is 6.20. The number of hydrogen-bond acceptors (Lipinski definition) is 2. The summed E-state index contributed by atoms with van der Waals surface area (Å²) in [5.74, 6) is 0. The maximum absolute atomic E-state index is 14.0. The van der Waals surface area contributed by atoms with E-state index >= 15 is 0 Å². The van der Waals surface area contributed by atoms with E-state index in [0.717, 1.165) is 22.9 Å². The molecule has 1 unspecified atom stereocenters. The van der Waals surface area contributed by atoms with Gasteiger partial charge in [-0.2, -0.15) is 13.2 Å². The lowest BCUT2D eigenvalue weighted by atomic mass is 9.82. The number of fused-ring (bicyclic) bond motifs is 3. The van der Waals surface area contributed by atoms with Gasteiger partial charge in [-0.05, 0) is 37.4 Å². The minimum Gasteiger partial charge on any atom is -0.356 e. The summed E-state index contributed by atoms with van der Waals surface area (Å²) < 4.78 is 42.0. The van der Waals surface area contributed by atoms with Gasteiger partial charge in [0.15, 0.2) is 5.54 Å². The molecular formula is C17H22F3N3. The molecule has 0 aliphatic carbocycles. The molecule has 1 aromatic heterocycles. The first-order valence-electron chi connectivity index (χ1n) is 8.11. The molecule has 23 heavy (non-hydrogen) atoms. The Morgan fingerprint density at radius 3 is 2.65 bits per heavy atom. The van der Waals surface area contributed by atoms with Crippen molar-refractivity contribution < 1.29 is 13.2 Å². The number of nitrogens with two attached hydrogens (primary N) is 1. The Kier molecular flexibility index (Phi) is 4.38. The number of alkyl halides is 3. The van der Waals surface area contributed by atoms with Crippen LogP contribution in [0.3, 0.4) is 0 Å².